The third-order valence-corrected chi connectivity index (χ3v) is 3.05. The van der Waals surface area contributed by atoms with Gasteiger partial charge in [-0.15, -0.1) is 11.6 Å². The van der Waals surface area contributed by atoms with E-state index in [-0.39, 0.29) is 11.8 Å². The lowest BCUT2D eigenvalue weighted by atomic mass is 10.1. The number of hydrogen-bond acceptors (Lipinski definition) is 3. The molecule has 17 heavy (non-hydrogen) atoms. The molecule has 1 aromatic carbocycles. The van der Waals surface area contributed by atoms with Crippen LogP contribution in [0.15, 0.2) is 29.4 Å². The standard InChI is InChI=1S/C12H13ClN2O2/c13-7-11(16)17-15-12(14)10-5-8-3-1-2-4-9(8)6-10/h1-4,10H,5-7H2,(H2,14,15). The predicted molar refractivity (Wildman–Crippen MR) is 65.8 cm³/mol. The summed E-state index contributed by atoms with van der Waals surface area (Å²) in [7, 11) is 0. The second-order valence-electron chi connectivity index (χ2n) is 3.99. The summed E-state index contributed by atoms with van der Waals surface area (Å²) in [5.74, 6) is -0.359. The highest BCUT2D eigenvalue weighted by molar-refractivity contribution is 6.26. The fourth-order valence-electron chi connectivity index (χ4n) is 1.97. The molecule has 0 aliphatic heterocycles. The van der Waals surface area contributed by atoms with Gasteiger partial charge in [0, 0.05) is 5.92 Å². The Morgan fingerprint density at radius 2 is 2.00 bits per heavy atom. The molecule has 0 saturated carbocycles. The SMILES string of the molecule is NC(=NOC(=O)CCl)C1Cc2ccccc2C1. The van der Waals surface area contributed by atoms with Crippen molar-refractivity contribution in [2.45, 2.75) is 12.8 Å². The molecule has 0 spiro atoms. The summed E-state index contributed by atoms with van der Waals surface area (Å²) in [4.78, 5) is 15.4. The molecule has 0 atom stereocenters. The second-order valence-corrected chi connectivity index (χ2v) is 4.25. The minimum absolute atomic E-state index is 0.107. The van der Waals surface area contributed by atoms with E-state index in [1.807, 2.05) is 12.1 Å². The van der Waals surface area contributed by atoms with Crippen LogP contribution in [0.25, 0.3) is 0 Å². The number of halogens is 1. The number of hydrogen-bond donors (Lipinski definition) is 1. The van der Waals surface area contributed by atoms with Crippen LogP contribution in [0, 0.1) is 5.92 Å². The Labute approximate surface area is 104 Å². The molecule has 0 saturated heterocycles. The smallest absolute Gasteiger partial charge is 0.349 e. The second kappa shape index (κ2) is 5.19. The molecule has 5 heteroatoms. The lowest BCUT2D eigenvalue weighted by Crippen LogP contribution is -2.25. The van der Waals surface area contributed by atoms with Gasteiger partial charge in [-0.3, -0.25) is 0 Å². The highest BCUT2D eigenvalue weighted by Crippen LogP contribution is 2.26. The van der Waals surface area contributed by atoms with Gasteiger partial charge >= 0.3 is 5.97 Å². The molecule has 1 aliphatic carbocycles. The number of oxime groups is 1. The number of carbonyl (C=O) groups is 1. The first-order valence-electron chi connectivity index (χ1n) is 5.36. The summed E-state index contributed by atoms with van der Waals surface area (Å²) in [5, 5.41) is 3.62. The molecule has 0 radical (unpaired) electrons. The molecular formula is C12H13ClN2O2. The average Bonchev–Trinajstić information content (AvgIpc) is 2.79. The Balaban J connectivity index is 2.00. The van der Waals surface area contributed by atoms with Crippen molar-refractivity contribution in [2.75, 3.05) is 5.88 Å². The van der Waals surface area contributed by atoms with Crippen LogP contribution in [0.3, 0.4) is 0 Å². The van der Waals surface area contributed by atoms with Gasteiger partial charge in [0.15, 0.2) is 0 Å². The zero-order valence-electron chi connectivity index (χ0n) is 9.23. The van der Waals surface area contributed by atoms with Crippen LogP contribution in [-0.2, 0) is 22.5 Å². The Bertz CT molecular complexity index is 435. The number of nitrogens with two attached hydrogens (primary N) is 1. The Morgan fingerprint density at radius 3 is 2.53 bits per heavy atom. The molecule has 1 aromatic rings. The lowest BCUT2D eigenvalue weighted by molar-refractivity contribution is -0.140. The molecular weight excluding hydrogens is 240 g/mol. The third kappa shape index (κ3) is 2.77. The third-order valence-electron chi connectivity index (χ3n) is 2.83. The molecule has 0 aromatic heterocycles. The van der Waals surface area contributed by atoms with Crippen LogP contribution in [0.1, 0.15) is 11.1 Å². The number of benzene rings is 1. The van der Waals surface area contributed by atoms with Gasteiger partial charge in [-0.05, 0) is 24.0 Å². The molecule has 0 bridgehead atoms. The zero-order chi connectivity index (χ0) is 12.3. The maximum atomic E-state index is 10.8. The number of carbonyl (C=O) groups excluding carboxylic acids is 1. The Morgan fingerprint density at radius 1 is 1.41 bits per heavy atom. The number of nitrogens with zero attached hydrogens (tertiary/aromatic N) is 1. The van der Waals surface area contributed by atoms with Crippen molar-refractivity contribution in [2.24, 2.45) is 16.8 Å². The molecule has 2 N–H and O–H groups in total. The highest BCUT2D eigenvalue weighted by Gasteiger charge is 2.24. The molecule has 0 unspecified atom stereocenters. The largest absolute Gasteiger partial charge is 0.384 e. The molecule has 0 heterocycles. The zero-order valence-corrected chi connectivity index (χ0v) is 9.98. The number of fused-ring (bicyclic) bond motifs is 1. The van der Waals surface area contributed by atoms with Crippen LogP contribution < -0.4 is 5.73 Å². The van der Waals surface area contributed by atoms with E-state index in [2.05, 4.69) is 22.1 Å². The van der Waals surface area contributed by atoms with Crippen molar-refractivity contribution in [1.29, 1.82) is 0 Å². The molecule has 1 aliphatic rings. The summed E-state index contributed by atoms with van der Waals surface area (Å²) in [5.41, 5.74) is 8.35. The maximum Gasteiger partial charge on any atom is 0.349 e. The summed E-state index contributed by atoms with van der Waals surface area (Å²) >= 11 is 5.28. The molecule has 2 rings (SSSR count). The van der Waals surface area contributed by atoms with Gasteiger partial charge in [-0.25, -0.2) is 4.79 Å². The van der Waals surface area contributed by atoms with Crippen molar-refractivity contribution in [3.05, 3.63) is 35.4 Å². The van der Waals surface area contributed by atoms with Gasteiger partial charge in [0.2, 0.25) is 0 Å². The normalized spacial score (nSPS) is 15.7. The monoisotopic (exact) mass is 252 g/mol. The Hall–Kier alpha value is -1.55. The molecule has 0 fully saturated rings. The van der Waals surface area contributed by atoms with E-state index in [1.165, 1.54) is 11.1 Å². The minimum Gasteiger partial charge on any atom is -0.384 e. The van der Waals surface area contributed by atoms with E-state index in [1.54, 1.807) is 0 Å². The number of rotatable bonds is 3. The van der Waals surface area contributed by atoms with E-state index < -0.39 is 5.97 Å². The van der Waals surface area contributed by atoms with Gasteiger partial charge in [0.25, 0.3) is 0 Å². The van der Waals surface area contributed by atoms with E-state index in [4.69, 9.17) is 17.3 Å². The van der Waals surface area contributed by atoms with Crippen molar-refractivity contribution in [3.8, 4) is 0 Å². The van der Waals surface area contributed by atoms with Crippen LogP contribution in [0.5, 0.6) is 0 Å². The van der Waals surface area contributed by atoms with Crippen molar-refractivity contribution in [3.63, 3.8) is 0 Å². The summed E-state index contributed by atoms with van der Waals surface area (Å²) in [6, 6.07) is 8.16. The summed E-state index contributed by atoms with van der Waals surface area (Å²) in [6.07, 6.45) is 1.67. The number of amidine groups is 1. The quantitative estimate of drug-likeness (QED) is 0.291. The van der Waals surface area contributed by atoms with Crippen molar-refractivity contribution in [1.82, 2.24) is 0 Å². The van der Waals surface area contributed by atoms with Crippen molar-refractivity contribution < 1.29 is 9.63 Å². The lowest BCUT2D eigenvalue weighted by Gasteiger charge is -2.06. The molecule has 90 valence electrons. The van der Waals surface area contributed by atoms with Gasteiger partial charge in [-0.2, -0.15) is 0 Å². The fourth-order valence-corrected chi connectivity index (χ4v) is 2.02. The van der Waals surface area contributed by atoms with Crippen LogP contribution in [0.4, 0.5) is 0 Å². The van der Waals surface area contributed by atoms with Gasteiger partial charge in [0.1, 0.15) is 11.7 Å². The molecule has 0 amide bonds. The minimum atomic E-state index is -0.592. The van der Waals surface area contributed by atoms with Gasteiger partial charge < -0.3 is 10.6 Å². The summed E-state index contributed by atoms with van der Waals surface area (Å²) < 4.78 is 0. The van der Waals surface area contributed by atoms with E-state index in [0.29, 0.717) is 5.84 Å². The predicted octanol–water partition coefficient (Wildman–Crippen LogP) is 1.46. The topological polar surface area (TPSA) is 64.7 Å². The first kappa shape index (κ1) is 11.9. The first-order chi connectivity index (χ1) is 8.20. The van der Waals surface area contributed by atoms with Crippen LogP contribution >= 0.6 is 11.6 Å². The van der Waals surface area contributed by atoms with E-state index in [0.717, 1.165) is 12.8 Å². The van der Waals surface area contributed by atoms with Crippen LogP contribution in [0.2, 0.25) is 0 Å². The van der Waals surface area contributed by atoms with Gasteiger partial charge in [0.05, 0.1) is 0 Å². The van der Waals surface area contributed by atoms with E-state index in [9.17, 15) is 4.79 Å². The summed E-state index contributed by atoms with van der Waals surface area (Å²) in [6.45, 7) is 0. The Kier molecular flexibility index (Phi) is 3.64. The number of alkyl halides is 1. The highest BCUT2D eigenvalue weighted by atomic mass is 35.5. The van der Waals surface area contributed by atoms with Gasteiger partial charge in [-0.1, -0.05) is 29.4 Å². The molecule has 4 nitrogen and oxygen atoms in total. The maximum absolute atomic E-state index is 10.8. The fraction of sp³-hybridized carbons (Fsp3) is 0.333. The first-order valence-corrected chi connectivity index (χ1v) is 5.90. The average molecular weight is 253 g/mol. The van der Waals surface area contributed by atoms with Crippen LogP contribution in [-0.4, -0.2) is 17.7 Å². The van der Waals surface area contributed by atoms with E-state index >= 15 is 0 Å². The van der Waals surface area contributed by atoms with Crippen molar-refractivity contribution >= 4 is 23.4 Å².